The quantitative estimate of drug-likeness (QED) is 0.562. The average Bonchev–Trinajstić information content (AvgIpc) is 3.15. The molecule has 1 unspecified atom stereocenters. The van der Waals surface area contributed by atoms with Crippen molar-refractivity contribution in [1.82, 2.24) is 20.1 Å². The second kappa shape index (κ2) is 6.71. The number of aliphatic carboxylic acids is 1. The lowest BCUT2D eigenvalue weighted by Gasteiger charge is -2.07. The van der Waals surface area contributed by atoms with E-state index in [4.69, 9.17) is 10.2 Å². The van der Waals surface area contributed by atoms with Crippen LogP contribution >= 0.6 is 11.8 Å². The Morgan fingerprint density at radius 1 is 1.55 bits per heavy atom. The highest BCUT2D eigenvalue weighted by Gasteiger charge is 2.26. The maximum atomic E-state index is 11.6. The first-order valence-electron chi connectivity index (χ1n) is 6.28. The number of nitrogens with one attached hydrogen (secondary N) is 1. The van der Waals surface area contributed by atoms with Crippen LogP contribution in [0.1, 0.15) is 25.3 Å². The Morgan fingerprint density at radius 3 is 2.95 bits per heavy atom. The zero-order chi connectivity index (χ0) is 14.5. The minimum atomic E-state index is -1.44. The van der Waals surface area contributed by atoms with Gasteiger partial charge in [0.1, 0.15) is 6.33 Å². The number of carbonyl (C=O) groups is 2. The van der Waals surface area contributed by atoms with Gasteiger partial charge in [0.05, 0.1) is 5.75 Å². The molecule has 2 rings (SSSR count). The number of carboxylic acid groups (broad SMARTS) is 1. The molecule has 1 heterocycles. The summed E-state index contributed by atoms with van der Waals surface area (Å²) >= 11 is 1.29. The number of thioether (sulfide) groups is 1. The number of aromatic nitrogens is 3. The number of nitrogens with zero attached hydrogens (tertiary/aromatic N) is 3. The Kier molecular flexibility index (Phi) is 4.96. The van der Waals surface area contributed by atoms with Crippen LogP contribution in [-0.2, 0) is 9.59 Å². The van der Waals surface area contributed by atoms with E-state index in [1.54, 1.807) is 6.33 Å². The molecule has 110 valence electrons. The normalized spacial score (nSPS) is 15.8. The van der Waals surface area contributed by atoms with Gasteiger partial charge in [-0.15, -0.1) is 10.2 Å². The van der Waals surface area contributed by atoms with Crippen molar-refractivity contribution in [3.63, 3.8) is 0 Å². The van der Waals surface area contributed by atoms with Gasteiger partial charge in [-0.1, -0.05) is 11.8 Å². The smallest absolute Gasteiger partial charge is 0.332 e. The first kappa shape index (κ1) is 14.8. The van der Waals surface area contributed by atoms with Gasteiger partial charge in [-0.2, -0.15) is 0 Å². The molecule has 0 aliphatic heterocycles. The Balaban J connectivity index is 1.67. The molecule has 1 aliphatic rings. The van der Waals surface area contributed by atoms with Crippen LogP contribution in [0.2, 0.25) is 0 Å². The predicted molar refractivity (Wildman–Crippen MR) is 70.3 cm³/mol. The van der Waals surface area contributed by atoms with Crippen molar-refractivity contribution >= 4 is 23.6 Å². The van der Waals surface area contributed by atoms with Gasteiger partial charge in [-0.25, -0.2) is 4.79 Å². The molecule has 1 atom stereocenters. The fourth-order valence-electron chi connectivity index (χ4n) is 1.59. The van der Waals surface area contributed by atoms with Gasteiger partial charge >= 0.3 is 5.97 Å². The van der Waals surface area contributed by atoms with Crippen molar-refractivity contribution in [3.05, 3.63) is 6.33 Å². The molecule has 1 aromatic rings. The minimum Gasteiger partial charge on any atom is -0.479 e. The largest absolute Gasteiger partial charge is 0.479 e. The summed E-state index contributed by atoms with van der Waals surface area (Å²) < 4.78 is 1.96. The first-order valence-corrected chi connectivity index (χ1v) is 7.26. The maximum absolute atomic E-state index is 11.6. The number of aliphatic hydroxyl groups is 1. The molecule has 0 bridgehead atoms. The van der Waals surface area contributed by atoms with Crippen LogP contribution in [0, 0.1) is 0 Å². The molecule has 1 saturated carbocycles. The van der Waals surface area contributed by atoms with E-state index in [0.717, 1.165) is 12.8 Å². The van der Waals surface area contributed by atoms with E-state index in [1.807, 2.05) is 4.57 Å². The maximum Gasteiger partial charge on any atom is 0.332 e. The van der Waals surface area contributed by atoms with E-state index in [0.29, 0.717) is 11.2 Å². The molecular formula is C11H16N4O4S. The number of hydrogen-bond donors (Lipinski definition) is 3. The van der Waals surface area contributed by atoms with Crippen LogP contribution in [0.4, 0.5) is 0 Å². The minimum absolute atomic E-state index is 0.00992. The van der Waals surface area contributed by atoms with E-state index < -0.39 is 12.1 Å². The summed E-state index contributed by atoms with van der Waals surface area (Å²) in [4.78, 5) is 21.9. The summed E-state index contributed by atoms with van der Waals surface area (Å²) in [6, 6.07) is 0.460. The molecule has 8 nitrogen and oxygen atoms in total. The molecule has 1 fully saturated rings. The second-order valence-electron chi connectivity index (χ2n) is 4.53. The number of carboxylic acids is 1. The molecule has 3 N–H and O–H groups in total. The molecule has 1 amide bonds. The number of aliphatic hydroxyl groups excluding tert-OH is 1. The lowest BCUT2D eigenvalue weighted by molar-refractivity contribution is -0.147. The Hall–Kier alpha value is -1.61. The van der Waals surface area contributed by atoms with Gasteiger partial charge < -0.3 is 20.1 Å². The van der Waals surface area contributed by atoms with Crippen LogP contribution in [0.25, 0.3) is 0 Å². The van der Waals surface area contributed by atoms with Crippen LogP contribution < -0.4 is 5.32 Å². The number of hydrogen-bond acceptors (Lipinski definition) is 6. The standard InChI is InChI=1S/C11H16N4O4S/c16-8(10(18)19)3-4-12-9(17)5-20-11-14-13-6-15(11)7-1-2-7/h6-8,16H,1-5H2,(H,12,17)(H,18,19). The van der Waals surface area contributed by atoms with Crippen molar-refractivity contribution in [1.29, 1.82) is 0 Å². The average molecular weight is 300 g/mol. The van der Waals surface area contributed by atoms with E-state index in [-0.39, 0.29) is 24.6 Å². The van der Waals surface area contributed by atoms with Crippen molar-refractivity contribution in [2.24, 2.45) is 0 Å². The Morgan fingerprint density at radius 2 is 2.30 bits per heavy atom. The van der Waals surface area contributed by atoms with Crippen molar-refractivity contribution in [2.45, 2.75) is 36.6 Å². The van der Waals surface area contributed by atoms with Gasteiger partial charge in [0.15, 0.2) is 11.3 Å². The zero-order valence-corrected chi connectivity index (χ0v) is 11.5. The van der Waals surface area contributed by atoms with Crippen LogP contribution in [0.15, 0.2) is 11.5 Å². The van der Waals surface area contributed by atoms with Gasteiger partial charge in [0.2, 0.25) is 5.91 Å². The molecule has 0 spiro atoms. The summed E-state index contributed by atoms with van der Waals surface area (Å²) in [6.07, 6.45) is 2.45. The van der Waals surface area contributed by atoms with Gasteiger partial charge in [0, 0.05) is 19.0 Å². The molecule has 9 heteroatoms. The SMILES string of the molecule is O=C(CSc1nncn1C1CC1)NCCC(O)C(=O)O. The summed E-state index contributed by atoms with van der Waals surface area (Å²) in [6.45, 7) is 0.127. The van der Waals surface area contributed by atoms with Crippen molar-refractivity contribution in [3.8, 4) is 0 Å². The topological polar surface area (TPSA) is 117 Å². The van der Waals surface area contributed by atoms with E-state index in [1.165, 1.54) is 11.8 Å². The highest BCUT2D eigenvalue weighted by atomic mass is 32.2. The highest BCUT2D eigenvalue weighted by Crippen LogP contribution is 2.37. The zero-order valence-electron chi connectivity index (χ0n) is 10.7. The molecule has 0 saturated heterocycles. The number of carbonyl (C=O) groups excluding carboxylic acids is 1. The monoisotopic (exact) mass is 300 g/mol. The summed E-state index contributed by atoms with van der Waals surface area (Å²) in [5.41, 5.74) is 0. The van der Waals surface area contributed by atoms with E-state index in [2.05, 4.69) is 15.5 Å². The molecule has 1 aromatic heterocycles. The third kappa shape index (κ3) is 4.20. The first-order chi connectivity index (χ1) is 9.58. The molecule has 0 aromatic carbocycles. The van der Waals surface area contributed by atoms with Crippen LogP contribution in [0.3, 0.4) is 0 Å². The predicted octanol–water partition coefficient (Wildman–Crippen LogP) is -0.343. The third-order valence-electron chi connectivity index (χ3n) is 2.84. The molecular weight excluding hydrogens is 284 g/mol. The lowest BCUT2D eigenvalue weighted by Crippen LogP contribution is -2.31. The molecule has 0 radical (unpaired) electrons. The fourth-order valence-corrected chi connectivity index (χ4v) is 2.40. The Bertz CT molecular complexity index is 489. The number of rotatable bonds is 8. The summed E-state index contributed by atoms with van der Waals surface area (Å²) in [5, 5.41) is 28.6. The van der Waals surface area contributed by atoms with Crippen molar-refractivity contribution in [2.75, 3.05) is 12.3 Å². The third-order valence-corrected chi connectivity index (χ3v) is 3.80. The van der Waals surface area contributed by atoms with E-state index in [9.17, 15) is 9.59 Å². The molecule has 1 aliphatic carbocycles. The lowest BCUT2D eigenvalue weighted by atomic mass is 10.2. The molecule has 20 heavy (non-hydrogen) atoms. The summed E-state index contributed by atoms with van der Waals surface area (Å²) in [7, 11) is 0. The van der Waals surface area contributed by atoms with Gasteiger partial charge in [0.25, 0.3) is 0 Å². The number of amides is 1. The van der Waals surface area contributed by atoms with Crippen LogP contribution in [0.5, 0.6) is 0 Å². The fraction of sp³-hybridized carbons (Fsp3) is 0.636. The van der Waals surface area contributed by atoms with Gasteiger partial charge in [-0.3, -0.25) is 4.79 Å². The Labute approximate surface area is 119 Å². The van der Waals surface area contributed by atoms with Crippen molar-refractivity contribution < 1.29 is 19.8 Å². The highest BCUT2D eigenvalue weighted by molar-refractivity contribution is 7.99. The van der Waals surface area contributed by atoms with Gasteiger partial charge in [-0.05, 0) is 12.8 Å². The summed E-state index contributed by atoms with van der Waals surface area (Å²) in [5.74, 6) is -1.32. The van der Waals surface area contributed by atoms with Crippen LogP contribution in [-0.4, -0.2) is 55.3 Å². The second-order valence-corrected chi connectivity index (χ2v) is 5.48. The van der Waals surface area contributed by atoms with E-state index >= 15 is 0 Å².